The number of anilines is 1. The molecule has 3 aromatic rings. The molecule has 0 aromatic carbocycles. The van der Waals surface area contributed by atoms with Crippen LogP contribution in [-0.4, -0.2) is 24.7 Å². The number of rotatable bonds is 4. The molecule has 0 saturated heterocycles. The van der Waals surface area contributed by atoms with Gasteiger partial charge in [0.1, 0.15) is 11.5 Å². The summed E-state index contributed by atoms with van der Waals surface area (Å²) in [5.41, 5.74) is 5.56. The van der Waals surface area contributed by atoms with Crippen LogP contribution in [0.1, 0.15) is 28.9 Å². The number of aryl methyl sites for hydroxylation is 2. The van der Waals surface area contributed by atoms with E-state index in [1.807, 2.05) is 36.1 Å². The van der Waals surface area contributed by atoms with Gasteiger partial charge in [0.05, 0.1) is 6.20 Å². The van der Waals surface area contributed by atoms with Gasteiger partial charge in [0, 0.05) is 42.3 Å². The number of fused-ring (bicyclic) bond motifs is 1. The SMILES string of the molecule is Cc1c(CNc2nc(-c3ccccn3)nc3c2CCC3)cnn1C. The predicted octanol–water partition coefficient (Wildman–Crippen LogP) is 2.68. The van der Waals surface area contributed by atoms with Crippen molar-refractivity contribution in [2.45, 2.75) is 32.7 Å². The Labute approximate surface area is 141 Å². The third-order valence-electron chi connectivity index (χ3n) is 4.61. The van der Waals surface area contributed by atoms with E-state index in [1.165, 1.54) is 11.1 Å². The van der Waals surface area contributed by atoms with Gasteiger partial charge in [-0.15, -0.1) is 0 Å². The lowest BCUT2D eigenvalue weighted by Gasteiger charge is -2.12. The lowest BCUT2D eigenvalue weighted by atomic mass is 10.2. The summed E-state index contributed by atoms with van der Waals surface area (Å²) < 4.78 is 1.89. The van der Waals surface area contributed by atoms with E-state index in [-0.39, 0.29) is 0 Å². The zero-order valence-corrected chi connectivity index (χ0v) is 14.0. The van der Waals surface area contributed by atoms with E-state index >= 15 is 0 Å². The molecule has 1 N–H and O–H groups in total. The summed E-state index contributed by atoms with van der Waals surface area (Å²) in [4.78, 5) is 13.9. The standard InChI is InChI=1S/C18H20N6/c1-12-13(11-21-24(12)2)10-20-17-14-6-5-8-15(14)22-18(23-17)16-7-3-4-9-19-16/h3-4,7,9,11H,5-6,8,10H2,1-2H3,(H,20,22,23). The quantitative estimate of drug-likeness (QED) is 0.800. The summed E-state index contributed by atoms with van der Waals surface area (Å²) in [6.07, 6.45) is 6.86. The molecule has 6 heteroatoms. The highest BCUT2D eigenvalue weighted by atomic mass is 15.3. The highest BCUT2D eigenvalue weighted by molar-refractivity contribution is 5.57. The molecule has 0 saturated carbocycles. The zero-order chi connectivity index (χ0) is 16.5. The van der Waals surface area contributed by atoms with E-state index in [4.69, 9.17) is 9.97 Å². The Morgan fingerprint density at radius 2 is 2.12 bits per heavy atom. The lowest BCUT2D eigenvalue weighted by molar-refractivity contribution is 0.738. The Hall–Kier alpha value is -2.76. The Kier molecular flexibility index (Phi) is 3.72. The van der Waals surface area contributed by atoms with Gasteiger partial charge in [-0.25, -0.2) is 9.97 Å². The molecule has 3 heterocycles. The first-order valence-corrected chi connectivity index (χ1v) is 8.25. The van der Waals surface area contributed by atoms with Gasteiger partial charge in [0.15, 0.2) is 5.82 Å². The molecule has 1 aliphatic rings. The van der Waals surface area contributed by atoms with Crippen molar-refractivity contribution in [2.75, 3.05) is 5.32 Å². The van der Waals surface area contributed by atoms with Crippen LogP contribution in [0.25, 0.3) is 11.5 Å². The molecular formula is C18H20N6. The van der Waals surface area contributed by atoms with Crippen LogP contribution in [0, 0.1) is 6.92 Å². The van der Waals surface area contributed by atoms with Crippen molar-refractivity contribution < 1.29 is 0 Å². The first-order valence-electron chi connectivity index (χ1n) is 8.25. The molecule has 0 fully saturated rings. The molecule has 4 rings (SSSR count). The minimum absolute atomic E-state index is 0.696. The first-order chi connectivity index (χ1) is 11.7. The first kappa shape index (κ1) is 14.8. The molecule has 0 bridgehead atoms. The fraction of sp³-hybridized carbons (Fsp3) is 0.333. The van der Waals surface area contributed by atoms with Crippen molar-refractivity contribution in [3.8, 4) is 11.5 Å². The summed E-state index contributed by atoms with van der Waals surface area (Å²) in [6.45, 7) is 2.79. The second kappa shape index (κ2) is 6.03. The minimum atomic E-state index is 0.696. The average Bonchev–Trinajstić information content (AvgIpc) is 3.21. The van der Waals surface area contributed by atoms with Crippen molar-refractivity contribution >= 4 is 5.82 Å². The highest BCUT2D eigenvalue weighted by Gasteiger charge is 2.20. The summed E-state index contributed by atoms with van der Waals surface area (Å²) >= 11 is 0. The van der Waals surface area contributed by atoms with Gasteiger partial charge in [-0.3, -0.25) is 9.67 Å². The molecule has 0 unspecified atom stereocenters. The molecule has 0 radical (unpaired) electrons. The third kappa shape index (κ3) is 2.64. The number of aromatic nitrogens is 5. The van der Waals surface area contributed by atoms with Crippen molar-refractivity contribution in [1.29, 1.82) is 0 Å². The van der Waals surface area contributed by atoms with E-state index in [2.05, 4.69) is 22.3 Å². The maximum atomic E-state index is 4.75. The van der Waals surface area contributed by atoms with Gasteiger partial charge in [0.2, 0.25) is 0 Å². The largest absolute Gasteiger partial charge is 0.366 e. The molecular weight excluding hydrogens is 300 g/mol. The van der Waals surface area contributed by atoms with Crippen LogP contribution in [-0.2, 0) is 26.4 Å². The summed E-state index contributed by atoms with van der Waals surface area (Å²) in [7, 11) is 1.96. The normalized spacial score (nSPS) is 13.1. The molecule has 6 nitrogen and oxygen atoms in total. The highest BCUT2D eigenvalue weighted by Crippen LogP contribution is 2.29. The van der Waals surface area contributed by atoms with Crippen LogP contribution < -0.4 is 5.32 Å². The molecule has 3 aromatic heterocycles. The number of pyridine rings is 1. The monoisotopic (exact) mass is 320 g/mol. The molecule has 122 valence electrons. The second-order valence-electron chi connectivity index (χ2n) is 6.12. The van der Waals surface area contributed by atoms with Crippen LogP contribution >= 0.6 is 0 Å². The van der Waals surface area contributed by atoms with Gasteiger partial charge >= 0.3 is 0 Å². The van der Waals surface area contributed by atoms with Gasteiger partial charge in [-0.2, -0.15) is 5.10 Å². The molecule has 0 spiro atoms. The minimum Gasteiger partial charge on any atom is -0.366 e. The average molecular weight is 320 g/mol. The third-order valence-corrected chi connectivity index (χ3v) is 4.61. The van der Waals surface area contributed by atoms with Gasteiger partial charge in [-0.1, -0.05) is 6.07 Å². The Morgan fingerprint density at radius 1 is 1.21 bits per heavy atom. The van der Waals surface area contributed by atoms with Crippen LogP contribution in [0.4, 0.5) is 5.82 Å². The number of hydrogen-bond acceptors (Lipinski definition) is 5. The van der Waals surface area contributed by atoms with Crippen LogP contribution in [0.5, 0.6) is 0 Å². The second-order valence-corrected chi connectivity index (χ2v) is 6.12. The summed E-state index contributed by atoms with van der Waals surface area (Å²) in [5, 5.41) is 7.79. The van der Waals surface area contributed by atoms with E-state index in [1.54, 1.807) is 6.20 Å². The van der Waals surface area contributed by atoms with Crippen molar-refractivity contribution in [1.82, 2.24) is 24.7 Å². The molecule has 0 aliphatic heterocycles. The van der Waals surface area contributed by atoms with Crippen molar-refractivity contribution in [3.05, 3.63) is 53.1 Å². The Bertz CT molecular complexity index is 869. The van der Waals surface area contributed by atoms with Crippen molar-refractivity contribution in [2.24, 2.45) is 7.05 Å². The summed E-state index contributed by atoms with van der Waals surface area (Å²) in [6, 6.07) is 5.82. The topological polar surface area (TPSA) is 68.5 Å². The van der Waals surface area contributed by atoms with Crippen LogP contribution in [0.2, 0.25) is 0 Å². The maximum absolute atomic E-state index is 4.75. The van der Waals surface area contributed by atoms with Crippen LogP contribution in [0.3, 0.4) is 0 Å². The zero-order valence-electron chi connectivity index (χ0n) is 14.0. The number of nitrogens with one attached hydrogen (secondary N) is 1. The number of nitrogens with zero attached hydrogens (tertiary/aromatic N) is 5. The van der Waals surface area contributed by atoms with E-state index in [0.29, 0.717) is 12.4 Å². The van der Waals surface area contributed by atoms with E-state index in [9.17, 15) is 0 Å². The van der Waals surface area contributed by atoms with Crippen LogP contribution in [0.15, 0.2) is 30.6 Å². The van der Waals surface area contributed by atoms with E-state index in [0.717, 1.165) is 42.2 Å². The van der Waals surface area contributed by atoms with Gasteiger partial charge in [-0.05, 0) is 38.3 Å². The lowest BCUT2D eigenvalue weighted by Crippen LogP contribution is -2.08. The van der Waals surface area contributed by atoms with Crippen molar-refractivity contribution in [3.63, 3.8) is 0 Å². The molecule has 0 atom stereocenters. The predicted molar refractivity (Wildman–Crippen MR) is 92.6 cm³/mol. The number of hydrogen-bond donors (Lipinski definition) is 1. The van der Waals surface area contributed by atoms with Gasteiger partial charge < -0.3 is 5.32 Å². The molecule has 1 aliphatic carbocycles. The molecule has 0 amide bonds. The van der Waals surface area contributed by atoms with Gasteiger partial charge in [0.25, 0.3) is 0 Å². The molecule has 24 heavy (non-hydrogen) atoms. The fourth-order valence-electron chi connectivity index (χ4n) is 3.08. The van der Waals surface area contributed by atoms with E-state index < -0.39 is 0 Å². The maximum Gasteiger partial charge on any atom is 0.180 e. The Balaban J connectivity index is 1.67. The Morgan fingerprint density at radius 3 is 2.88 bits per heavy atom. The summed E-state index contributed by atoms with van der Waals surface area (Å²) in [5.74, 6) is 1.63. The smallest absolute Gasteiger partial charge is 0.180 e. The fourth-order valence-corrected chi connectivity index (χ4v) is 3.08.